The number of amides is 2. The van der Waals surface area contributed by atoms with Crippen molar-refractivity contribution in [1.29, 1.82) is 0 Å². The molecule has 3 heterocycles. The van der Waals surface area contributed by atoms with Crippen molar-refractivity contribution in [3.8, 4) is 0 Å². The molecule has 16 heteroatoms. The Labute approximate surface area is 244 Å². The van der Waals surface area contributed by atoms with E-state index < -0.39 is 42.6 Å². The van der Waals surface area contributed by atoms with E-state index in [1.165, 1.54) is 17.1 Å². The molecule has 2 amide bonds. The third kappa shape index (κ3) is 6.72. The van der Waals surface area contributed by atoms with E-state index in [0.717, 1.165) is 38.5 Å². The lowest BCUT2D eigenvalue weighted by Crippen LogP contribution is -2.50. The summed E-state index contributed by atoms with van der Waals surface area (Å²) in [6.07, 6.45) is 4.14. The second kappa shape index (κ2) is 11.3. The first-order valence-corrected chi connectivity index (χ1v) is 14.7. The number of aromatic nitrogens is 8. The average Bonchev–Trinajstić information content (AvgIpc) is 3.89. The Bertz CT molecular complexity index is 1460. The summed E-state index contributed by atoms with van der Waals surface area (Å²) in [5, 5.41) is 24.4. The smallest absolute Gasteiger partial charge is 0.339 e. The number of hydrogen-bond acceptors (Lipinski definition) is 7. The van der Waals surface area contributed by atoms with E-state index in [2.05, 4.69) is 36.4 Å². The van der Waals surface area contributed by atoms with Crippen molar-refractivity contribution in [2.45, 2.75) is 89.6 Å². The Morgan fingerprint density at radius 1 is 1.09 bits per heavy atom. The van der Waals surface area contributed by atoms with Gasteiger partial charge in [-0.1, -0.05) is 12.8 Å². The van der Waals surface area contributed by atoms with Crippen molar-refractivity contribution >= 4 is 17.5 Å². The predicted octanol–water partition coefficient (Wildman–Crippen LogP) is 3.91. The fraction of sp³-hybridized carbons (Fsp3) is 0.667. The van der Waals surface area contributed by atoms with Gasteiger partial charge in [-0.15, -0.1) is 10.2 Å². The number of tetrazole rings is 1. The summed E-state index contributed by atoms with van der Waals surface area (Å²) < 4.78 is 58.2. The molecule has 232 valence electrons. The summed E-state index contributed by atoms with van der Waals surface area (Å²) in [7, 11) is 0. The van der Waals surface area contributed by atoms with Crippen molar-refractivity contribution in [3.05, 3.63) is 35.9 Å². The Morgan fingerprint density at radius 2 is 1.79 bits per heavy atom. The van der Waals surface area contributed by atoms with E-state index in [1.807, 2.05) is 13.8 Å². The van der Waals surface area contributed by atoms with Crippen molar-refractivity contribution in [2.75, 3.05) is 5.32 Å². The fourth-order valence-corrected chi connectivity index (χ4v) is 5.91. The molecular weight excluding hydrogens is 572 g/mol. The Hall–Kier alpha value is -3.85. The molecule has 0 bridgehead atoms. The molecule has 3 aromatic heterocycles. The van der Waals surface area contributed by atoms with Crippen molar-refractivity contribution in [3.63, 3.8) is 0 Å². The lowest BCUT2D eigenvalue weighted by molar-refractivity contribution is -0.143. The van der Waals surface area contributed by atoms with E-state index in [-0.39, 0.29) is 41.2 Å². The first kappa shape index (κ1) is 29.2. The van der Waals surface area contributed by atoms with Crippen LogP contribution >= 0.6 is 0 Å². The van der Waals surface area contributed by atoms with Gasteiger partial charge in [0.2, 0.25) is 5.91 Å². The van der Waals surface area contributed by atoms with E-state index in [1.54, 1.807) is 10.7 Å². The van der Waals surface area contributed by atoms with Crippen molar-refractivity contribution < 1.29 is 27.2 Å². The number of anilines is 1. The van der Waals surface area contributed by atoms with Crippen LogP contribution in [-0.2, 0) is 11.3 Å². The zero-order chi connectivity index (χ0) is 30.5. The highest BCUT2D eigenvalue weighted by Crippen LogP contribution is 2.51. The molecule has 3 aromatic rings. The third-order valence-electron chi connectivity index (χ3n) is 8.38. The maximum absolute atomic E-state index is 15.2. The van der Waals surface area contributed by atoms with Gasteiger partial charge in [0.1, 0.15) is 30.0 Å². The molecule has 43 heavy (non-hydrogen) atoms. The van der Waals surface area contributed by atoms with Crippen LogP contribution in [0.2, 0.25) is 0 Å². The van der Waals surface area contributed by atoms with Crippen molar-refractivity contribution in [2.24, 2.45) is 23.7 Å². The minimum Gasteiger partial charge on any atom is -0.339 e. The fourth-order valence-electron chi connectivity index (χ4n) is 5.91. The van der Waals surface area contributed by atoms with Gasteiger partial charge in [0.25, 0.3) is 11.9 Å². The van der Waals surface area contributed by atoms with Gasteiger partial charge < -0.3 is 10.6 Å². The molecule has 0 radical (unpaired) electrons. The van der Waals surface area contributed by atoms with Crippen LogP contribution in [0, 0.1) is 29.6 Å². The molecule has 3 aliphatic rings. The molecule has 3 aliphatic carbocycles. The molecular formula is C27H34F4N10O2. The lowest BCUT2D eigenvalue weighted by atomic mass is 9.88. The topological polar surface area (TPSA) is 137 Å². The second-order valence-corrected chi connectivity index (χ2v) is 12.3. The van der Waals surface area contributed by atoms with Crippen LogP contribution in [0.25, 0.3) is 0 Å². The number of nitrogens with one attached hydrogen (secondary N) is 2. The molecule has 1 unspecified atom stereocenters. The molecule has 3 fully saturated rings. The van der Waals surface area contributed by atoms with E-state index in [4.69, 9.17) is 0 Å². The molecule has 2 N–H and O–H groups in total. The minimum atomic E-state index is -4.56. The van der Waals surface area contributed by atoms with Gasteiger partial charge >= 0.3 is 6.18 Å². The largest absolute Gasteiger partial charge is 0.408 e. The molecule has 0 aromatic carbocycles. The maximum atomic E-state index is 15.2. The number of rotatable bonds is 13. The zero-order valence-electron chi connectivity index (χ0n) is 23.8. The van der Waals surface area contributed by atoms with Crippen LogP contribution in [0.3, 0.4) is 0 Å². The molecule has 0 spiro atoms. The lowest BCUT2D eigenvalue weighted by Gasteiger charge is -2.27. The Morgan fingerprint density at radius 3 is 2.40 bits per heavy atom. The molecule has 0 saturated heterocycles. The normalized spacial score (nSPS) is 18.7. The standard InChI is InChI=1S/C27H34F4N10O2/c1-14(2)41-19(9-10-32-41)25(42)34-22(21(16-5-6-16)17-7-8-17)26(43)33-18-12-39(36-23(18)28)20(11-15-3-4-15)24-35-37-38-40(24)13-27(29,30)31/h9-10,12,14-17,20-22H,3-8,11,13H2,1-2H3,(H,33,43)(H,34,42)/t20?,22-/m0/s1. The SMILES string of the molecule is CC(C)n1nccc1C(=O)N[C@H](C(=O)Nc1cn(C(CC2CC2)c2nnnn2CC(F)(F)F)nc1F)C(C1CC1)C1CC1. The number of nitrogens with zero attached hydrogens (tertiary/aromatic N) is 8. The molecule has 12 nitrogen and oxygen atoms in total. The number of carbonyl (C=O) groups is 2. The highest BCUT2D eigenvalue weighted by Gasteiger charge is 2.48. The summed E-state index contributed by atoms with van der Waals surface area (Å²) in [5.41, 5.74) is 0.0779. The first-order valence-electron chi connectivity index (χ1n) is 14.7. The first-order chi connectivity index (χ1) is 20.5. The quantitative estimate of drug-likeness (QED) is 0.282. The van der Waals surface area contributed by atoms with Crippen LogP contribution in [0.15, 0.2) is 18.5 Å². The van der Waals surface area contributed by atoms with Crippen LogP contribution in [0.1, 0.15) is 87.2 Å². The van der Waals surface area contributed by atoms with Crippen LogP contribution < -0.4 is 10.6 Å². The second-order valence-electron chi connectivity index (χ2n) is 12.3. The zero-order valence-corrected chi connectivity index (χ0v) is 23.8. The van der Waals surface area contributed by atoms with Gasteiger partial charge in [-0.3, -0.25) is 19.0 Å². The number of hydrogen-bond donors (Lipinski definition) is 2. The van der Waals surface area contributed by atoms with Gasteiger partial charge in [0.15, 0.2) is 5.82 Å². The summed E-state index contributed by atoms with van der Waals surface area (Å²) in [4.78, 5) is 27.2. The van der Waals surface area contributed by atoms with Gasteiger partial charge in [-0.25, -0.2) is 4.68 Å². The van der Waals surface area contributed by atoms with Gasteiger partial charge in [-0.2, -0.15) is 22.7 Å². The molecule has 0 aliphatic heterocycles. The molecule has 2 atom stereocenters. The number of carbonyl (C=O) groups excluding carboxylic acids is 2. The molecule has 3 saturated carbocycles. The number of halogens is 4. The highest BCUT2D eigenvalue weighted by atomic mass is 19.4. The average molecular weight is 607 g/mol. The van der Waals surface area contributed by atoms with E-state index in [0.29, 0.717) is 16.8 Å². The monoisotopic (exact) mass is 606 g/mol. The van der Waals surface area contributed by atoms with Crippen LogP contribution in [-0.4, -0.2) is 63.8 Å². The number of alkyl halides is 3. The van der Waals surface area contributed by atoms with E-state index in [9.17, 15) is 22.8 Å². The van der Waals surface area contributed by atoms with Crippen LogP contribution in [0.4, 0.5) is 23.2 Å². The van der Waals surface area contributed by atoms with Crippen molar-refractivity contribution in [1.82, 2.24) is 45.1 Å². The summed E-state index contributed by atoms with van der Waals surface area (Å²) in [5.74, 6) is -1.46. The van der Waals surface area contributed by atoms with Gasteiger partial charge in [0, 0.05) is 12.2 Å². The minimum absolute atomic E-state index is 0.0775. The molecule has 6 rings (SSSR count). The van der Waals surface area contributed by atoms with Gasteiger partial charge in [-0.05, 0) is 86.1 Å². The predicted molar refractivity (Wildman–Crippen MR) is 143 cm³/mol. The summed E-state index contributed by atoms with van der Waals surface area (Å²) in [6.45, 7) is 2.39. The summed E-state index contributed by atoms with van der Waals surface area (Å²) in [6, 6.07) is -0.287. The van der Waals surface area contributed by atoms with Gasteiger partial charge in [0.05, 0.1) is 6.20 Å². The van der Waals surface area contributed by atoms with E-state index >= 15 is 4.39 Å². The summed E-state index contributed by atoms with van der Waals surface area (Å²) >= 11 is 0. The Balaban J connectivity index is 1.25. The highest BCUT2D eigenvalue weighted by molar-refractivity contribution is 6.00. The third-order valence-corrected chi connectivity index (χ3v) is 8.38. The Kier molecular flexibility index (Phi) is 7.71. The maximum Gasteiger partial charge on any atom is 0.408 e. The van der Waals surface area contributed by atoms with Crippen LogP contribution in [0.5, 0.6) is 0 Å².